The van der Waals surface area contributed by atoms with Crippen molar-refractivity contribution < 1.29 is 17.9 Å². The molecule has 0 N–H and O–H groups in total. The molecule has 1 aromatic rings. The molecule has 0 spiro atoms. The smallest absolute Gasteiger partial charge is 0.324 e. The van der Waals surface area contributed by atoms with Crippen molar-refractivity contribution in [1.82, 2.24) is 9.29 Å². The molecule has 2 heterocycles. The van der Waals surface area contributed by atoms with E-state index in [4.69, 9.17) is 11.6 Å². The number of sulfonamides is 1. The molecule has 1 atom stereocenters. The maximum Gasteiger partial charge on any atom is 0.324 e. The predicted octanol–water partition coefficient (Wildman–Crippen LogP) is 1.45. The Morgan fingerprint density at radius 1 is 1.50 bits per heavy atom. The average Bonchev–Trinajstić information content (AvgIpc) is 2.46. The van der Waals surface area contributed by atoms with E-state index in [0.29, 0.717) is 12.8 Å². The molecule has 20 heavy (non-hydrogen) atoms. The highest BCUT2D eigenvalue weighted by Gasteiger charge is 2.39. The molecule has 0 saturated carbocycles. The van der Waals surface area contributed by atoms with Gasteiger partial charge in [0, 0.05) is 12.7 Å². The number of halogens is 1. The minimum absolute atomic E-state index is 0.0857. The van der Waals surface area contributed by atoms with E-state index in [1.807, 2.05) is 0 Å². The molecule has 0 amide bonds. The van der Waals surface area contributed by atoms with E-state index in [2.05, 4.69) is 9.72 Å². The molecule has 110 valence electrons. The summed E-state index contributed by atoms with van der Waals surface area (Å²) in [4.78, 5) is 15.5. The van der Waals surface area contributed by atoms with Gasteiger partial charge in [0.05, 0.1) is 7.11 Å². The summed E-state index contributed by atoms with van der Waals surface area (Å²) < 4.78 is 31.1. The van der Waals surface area contributed by atoms with E-state index >= 15 is 0 Å². The van der Waals surface area contributed by atoms with Crippen LogP contribution in [0.5, 0.6) is 0 Å². The van der Waals surface area contributed by atoms with Gasteiger partial charge in [-0.3, -0.25) is 4.79 Å². The Morgan fingerprint density at radius 3 is 2.90 bits per heavy atom. The van der Waals surface area contributed by atoms with Crippen LogP contribution in [0.2, 0.25) is 5.15 Å². The molecule has 0 unspecified atom stereocenters. The summed E-state index contributed by atoms with van der Waals surface area (Å²) in [5, 5.41) is -0.0957. The van der Waals surface area contributed by atoms with Gasteiger partial charge >= 0.3 is 5.97 Å². The van der Waals surface area contributed by atoms with E-state index < -0.39 is 22.0 Å². The zero-order valence-electron chi connectivity index (χ0n) is 11.0. The van der Waals surface area contributed by atoms with Crippen LogP contribution in [0.4, 0.5) is 0 Å². The summed E-state index contributed by atoms with van der Waals surface area (Å²) in [5.41, 5.74) is 0. The lowest BCUT2D eigenvalue weighted by atomic mass is 10.1. The second-order valence-electron chi connectivity index (χ2n) is 4.44. The minimum Gasteiger partial charge on any atom is -0.468 e. The molecule has 1 aliphatic rings. The third-order valence-corrected chi connectivity index (χ3v) is 5.59. The summed E-state index contributed by atoms with van der Waals surface area (Å²) in [7, 11) is -2.61. The number of hydrogen-bond donors (Lipinski definition) is 0. The number of pyridine rings is 1. The fraction of sp³-hybridized carbons (Fsp3) is 0.500. The average molecular weight is 319 g/mol. The number of hydrogen-bond acceptors (Lipinski definition) is 5. The van der Waals surface area contributed by atoms with Gasteiger partial charge in [0.25, 0.3) is 0 Å². The molecule has 1 aliphatic heterocycles. The highest BCUT2D eigenvalue weighted by molar-refractivity contribution is 7.89. The van der Waals surface area contributed by atoms with Crippen molar-refractivity contribution in [2.45, 2.75) is 30.2 Å². The largest absolute Gasteiger partial charge is 0.468 e. The number of ether oxygens (including phenoxy) is 1. The van der Waals surface area contributed by atoms with Gasteiger partial charge in [-0.05, 0) is 31.4 Å². The standard InChI is InChI=1S/C12H15ClN2O4S/c1-19-12(16)9-5-2-3-8-15(9)20(17,18)10-6-4-7-14-11(10)13/h4,6-7,9H,2-3,5,8H2,1H3/t9-/m1/s1. The van der Waals surface area contributed by atoms with Gasteiger partial charge < -0.3 is 4.74 Å². The molecular weight excluding hydrogens is 304 g/mol. The lowest BCUT2D eigenvalue weighted by Gasteiger charge is -2.32. The number of aromatic nitrogens is 1. The van der Waals surface area contributed by atoms with Crippen LogP contribution in [-0.2, 0) is 19.6 Å². The van der Waals surface area contributed by atoms with E-state index in [9.17, 15) is 13.2 Å². The van der Waals surface area contributed by atoms with Crippen LogP contribution in [0, 0.1) is 0 Å². The van der Waals surface area contributed by atoms with Crippen molar-refractivity contribution in [2.75, 3.05) is 13.7 Å². The number of methoxy groups -OCH3 is 1. The molecule has 1 aromatic heterocycles. The van der Waals surface area contributed by atoms with Crippen molar-refractivity contribution in [2.24, 2.45) is 0 Å². The number of piperidine rings is 1. The van der Waals surface area contributed by atoms with Crippen LogP contribution >= 0.6 is 11.6 Å². The Balaban J connectivity index is 2.41. The Bertz CT molecular complexity index is 605. The summed E-state index contributed by atoms with van der Waals surface area (Å²) in [5.74, 6) is -0.548. The molecule has 0 aromatic carbocycles. The number of nitrogens with zero attached hydrogens (tertiary/aromatic N) is 2. The molecule has 8 heteroatoms. The van der Waals surface area contributed by atoms with Crippen molar-refractivity contribution >= 4 is 27.6 Å². The van der Waals surface area contributed by atoms with Gasteiger partial charge in [-0.25, -0.2) is 13.4 Å². The van der Waals surface area contributed by atoms with Crippen molar-refractivity contribution in [3.63, 3.8) is 0 Å². The Morgan fingerprint density at radius 2 is 2.25 bits per heavy atom. The van der Waals surface area contributed by atoms with Crippen LogP contribution in [0.1, 0.15) is 19.3 Å². The normalized spacial score (nSPS) is 20.6. The topological polar surface area (TPSA) is 76.6 Å². The lowest BCUT2D eigenvalue weighted by molar-refractivity contribution is -0.146. The van der Waals surface area contributed by atoms with E-state index in [0.717, 1.165) is 10.7 Å². The second kappa shape index (κ2) is 6.07. The molecule has 0 aliphatic carbocycles. The maximum atomic E-state index is 12.6. The number of carbonyl (C=O) groups excluding carboxylic acids is 1. The third-order valence-electron chi connectivity index (χ3n) is 3.24. The first-order valence-corrected chi connectivity index (χ1v) is 8.00. The van der Waals surface area contributed by atoms with Crippen LogP contribution in [0.3, 0.4) is 0 Å². The molecule has 0 bridgehead atoms. The first-order valence-electron chi connectivity index (χ1n) is 6.18. The fourth-order valence-corrected chi connectivity index (χ4v) is 4.33. The zero-order valence-corrected chi connectivity index (χ0v) is 12.5. The SMILES string of the molecule is COC(=O)[C@H]1CCCCN1S(=O)(=O)c1cccnc1Cl. The van der Waals surface area contributed by atoms with Gasteiger partial charge in [-0.15, -0.1) is 0 Å². The summed E-state index contributed by atoms with van der Waals surface area (Å²) in [6, 6.07) is 2.08. The number of rotatable bonds is 3. The maximum absolute atomic E-state index is 12.6. The number of esters is 1. The molecule has 1 fully saturated rings. The summed E-state index contributed by atoms with van der Waals surface area (Å²) >= 11 is 5.86. The monoisotopic (exact) mass is 318 g/mol. The first-order chi connectivity index (χ1) is 9.48. The van der Waals surface area contributed by atoms with Gasteiger partial charge in [-0.2, -0.15) is 4.31 Å². The summed E-state index contributed by atoms with van der Waals surface area (Å²) in [6.07, 6.45) is 3.34. The Hall–Kier alpha value is -1.18. The van der Waals surface area contributed by atoms with Gasteiger partial charge in [-0.1, -0.05) is 11.6 Å². The van der Waals surface area contributed by atoms with Crippen molar-refractivity contribution in [1.29, 1.82) is 0 Å². The highest BCUT2D eigenvalue weighted by atomic mass is 35.5. The molecular formula is C12H15ClN2O4S. The van der Waals surface area contributed by atoms with E-state index in [1.54, 1.807) is 0 Å². The first kappa shape index (κ1) is 15.2. The van der Waals surface area contributed by atoms with Crippen molar-refractivity contribution in [3.8, 4) is 0 Å². The van der Waals surface area contributed by atoms with Crippen LogP contribution in [0.25, 0.3) is 0 Å². The minimum atomic E-state index is -3.86. The van der Waals surface area contributed by atoms with Crippen molar-refractivity contribution in [3.05, 3.63) is 23.5 Å². The predicted molar refractivity (Wildman–Crippen MR) is 72.8 cm³/mol. The molecule has 1 saturated heterocycles. The van der Waals surface area contributed by atoms with Crippen LogP contribution in [-0.4, -0.2) is 43.4 Å². The van der Waals surface area contributed by atoms with Crippen LogP contribution in [0.15, 0.2) is 23.2 Å². The zero-order chi connectivity index (χ0) is 14.8. The molecule has 0 radical (unpaired) electrons. The van der Waals surface area contributed by atoms with E-state index in [1.165, 1.54) is 25.4 Å². The van der Waals surface area contributed by atoms with Gasteiger partial charge in [0.1, 0.15) is 16.1 Å². The van der Waals surface area contributed by atoms with Gasteiger partial charge in [0.15, 0.2) is 0 Å². The van der Waals surface area contributed by atoms with Crippen LogP contribution < -0.4 is 0 Å². The Kier molecular flexibility index (Phi) is 4.62. The quantitative estimate of drug-likeness (QED) is 0.623. The third kappa shape index (κ3) is 2.79. The Labute approximate surface area is 122 Å². The molecule has 6 nitrogen and oxygen atoms in total. The fourth-order valence-electron chi connectivity index (χ4n) is 2.25. The van der Waals surface area contributed by atoms with E-state index in [-0.39, 0.29) is 16.6 Å². The summed E-state index contributed by atoms with van der Waals surface area (Å²) in [6.45, 7) is 0.271. The second-order valence-corrected chi connectivity index (χ2v) is 6.66. The van der Waals surface area contributed by atoms with Gasteiger partial charge in [0.2, 0.25) is 10.0 Å². The highest BCUT2D eigenvalue weighted by Crippen LogP contribution is 2.28. The molecule has 2 rings (SSSR count). The number of carbonyl (C=O) groups is 1. The lowest BCUT2D eigenvalue weighted by Crippen LogP contribution is -2.48.